The molecule has 2 heterocycles. The van der Waals surface area contributed by atoms with Crippen molar-refractivity contribution in [1.29, 1.82) is 5.26 Å². The lowest BCUT2D eigenvalue weighted by atomic mass is 10.2. The van der Waals surface area contributed by atoms with Crippen LogP contribution in [0.1, 0.15) is 29.3 Å². The number of hydrogen-bond donors (Lipinski definition) is 2. The summed E-state index contributed by atoms with van der Waals surface area (Å²) in [7, 11) is -0.0383. The number of likely N-dealkylation sites (tertiary alicyclic amines) is 1. The van der Waals surface area contributed by atoms with E-state index in [-0.39, 0.29) is 6.04 Å². The van der Waals surface area contributed by atoms with Crippen molar-refractivity contribution in [1.82, 2.24) is 14.7 Å². The molecule has 1 atom stereocenters. The fraction of sp³-hybridized carbons (Fsp3) is 0.409. The van der Waals surface area contributed by atoms with E-state index in [0.29, 0.717) is 43.1 Å². The Kier molecular flexibility index (Phi) is 6.57. The Morgan fingerprint density at radius 1 is 1.35 bits per heavy atom. The predicted octanol–water partition coefficient (Wildman–Crippen LogP) is 3.53. The number of anilines is 1. The Hall–Kier alpha value is -3.43. The summed E-state index contributed by atoms with van der Waals surface area (Å²) in [5.74, 6) is 4.46. The van der Waals surface area contributed by atoms with Gasteiger partial charge in [0.25, 0.3) is 0 Å². The Morgan fingerprint density at radius 2 is 2.06 bits per heavy atom. The van der Waals surface area contributed by atoms with E-state index in [4.69, 9.17) is 4.74 Å². The topological polar surface area (TPSA) is 103 Å². The number of rotatable bonds is 5. The third kappa shape index (κ3) is 5.38. The maximum absolute atomic E-state index is 11.4. The van der Waals surface area contributed by atoms with Gasteiger partial charge in [0.15, 0.2) is 5.69 Å². The minimum atomic E-state index is -1.66. The summed E-state index contributed by atoms with van der Waals surface area (Å²) in [4.78, 5) is 12.7. The number of nitriles is 1. The molecule has 1 aliphatic heterocycles. The molecular formula is C22H27N5O3Si. The number of nitrogens with one attached hydrogen (secondary N) is 1. The van der Waals surface area contributed by atoms with Gasteiger partial charge in [-0.1, -0.05) is 37.7 Å². The van der Waals surface area contributed by atoms with Gasteiger partial charge in [0.1, 0.15) is 31.3 Å². The third-order valence-corrected chi connectivity index (χ3v) is 5.85. The number of benzene rings is 1. The summed E-state index contributed by atoms with van der Waals surface area (Å²) in [5, 5.41) is 27.2. The maximum atomic E-state index is 11.4. The molecule has 31 heavy (non-hydrogen) atoms. The molecule has 1 aromatic carbocycles. The summed E-state index contributed by atoms with van der Waals surface area (Å²) in [6.45, 7) is 7.66. The van der Waals surface area contributed by atoms with Crippen LogP contribution in [0.15, 0.2) is 24.3 Å². The minimum absolute atomic E-state index is 0.149. The first-order chi connectivity index (χ1) is 14.7. The number of amides is 1. The zero-order valence-electron chi connectivity index (χ0n) is 18.3. The summed E-state index contributed by atoms with van der Waals surface area (Å²) < 4.78 is 6.95. The SMILES string of the molecule is COc1ccc(CNc2c(C#N)c(C#C[Si](C)(C)C)nn2[C@H]2CCN(C(=O)O)C2)cc1. The second kappa shape index (κ2) is 9.15. The number of aromatic nitrogens is 2. The van der Waals surface area contributed by atoms with E-state index in [1.165, 1.54) is 4.90 Å². The molecule has 9 heteroatoms. The molecule has 1 fully saturated rings. The molecule has 0 saturated carbocycles. The van der Waals surface area contributed by atoms with E-state index < -0.39 is 14.2 Å². The van der Waals surface area contributed by atoms with Crippen LogP contribution in [0, 0.1) is 22.8 Å². The first kappa shape index (κ1) is 22.3. The molecular weight excluding hydrogens is 410 g/mol. The summed E-state index contributed by atoms with van der Waals surface area (Å²) >= 11 is 0. The molecule has 0 unspecified atom stereocenters. The van der Waals surface area contributed by atoms with Gasteiger partial charge >= 0.3 is 6.09 Å². The highest BCUT2D eigenvalue weighted by atomic mass is 28.3. The molecule has 0 bridgehead atoms. The van der Waals surface area contributed by atoms with E-state index in [1.54, 1.807) is 11.8 Å². The highest BCUT2D eigenvalue weighted by Crippen LogP contribution is 2.29. The van der Waals surface area contributed by atoms with Crippen LogP contribution in [-0.2, 0) is 6.54 Å². The van der Waals surface area contributed by atoms with Crippen LogP contribution in [0.3, 0.4) is 0 Å². The van der Waals surface area contributed by atoms with Gasteiger partial charge in [-0.25, -0.2) is 9.48 Å². The van der Waals surface area contributed by atoms with Gasteiger partial charge in [-0.05, 0) is 24.1 Å². The Morgan fingerprint density at radius 3 is 2.61 bits per heavy atom. The standard InChI is InChI=1S/C22H27N5O3Si/c1-30-18-7-5-16(6-8-18)14-24-21-19(13-23)20(10-12-31(2,3)4)25-27(21)17-9-11-26(15-17)22(28)29/h5-8,17,24H,9,11,14-15H2,1-4H3,(H,28,29)/t17-/m0/s1. The van der Waals surface area contributed by atoms with Crippen LogP contribution in [0.4, 0.5) is 10.6 Å². The van der Waals surface area contributed by atoms with Crippen molar-refractivity contribution in [3.63, 3.8) is 0 Å². The van der Waals surface area contributed by atoms with Crippen molar-refractivity contribution in [3.05, 3.63) is 41.1 Å². The van der Waals surface area contributed by atoms with E-state index >= 15 is 0 Å². The average Bonchev–Trinajstić information content (AvgIpc) is 3.35. The van der Waals surface area contributed by atoms with Gasteiger partial charge in [0, 0.05) is 19.6 Å². The van der Waals surface area contributed by atoms with Gasteiger partial charge in [-0.2, -0.15) is 10.4 Å². The van der Waals surface area contributed by atoms with E-state index in [9.17, 15) is 15.2 Å². The second-order valence-electron chi connectivity index (χ2n) is 8.50. The van der Waals surface area contributed by atoms with Crippen LogP contribution < -0.4 is 10.1 Å². The summed E-state index contributed by atoms with van der Waals surface area (Å²) in [6, 6.07) is 9.76. The normalized spacial score (nSPS) is 15.7. The monoisotopic (exact) mass is 437 g/mol. The largest absolute Gasteiger partial charge is 0.497 e. The van der Waals surface area contributed by atoms with Crippen molar-refractivity contribution < 1.29 is 14.6 Å². The Bertz CT molecular complexity index is 1050. The van der Waals surface area contributed by atoms with Crippen LogP contribution in [0.5, 0.6) is 5.75 Å². The number of carbonyl (C=O) groups is 1. The fourth-order valence-corrected chi connectivity index (χ4v) is 3.85. The lowest BCUT2D eigenvalue weighted by Gasteiger charge is -2.16. The summed E-state index contributed by atoms with van der Waals surface area (Å²) in [5.41, 5.74) is 5.13. The fourth-order valence-electron chi connectivity index (χ4n) is 3.35. The molecule has 162 valence electrons. The Labute approximate surface area is 183 Å². The molecule has 2 N–H and O–H groups in total. The van der Waals surface area contributed by atoms with Crippen molar-refractivity contribution in [2.24, 2.45) is 0 Å². The van der Waals surface area contributed by atoms with E-state index in [0.717, 1.165) is 11.3 Å². The quantitative estimate of drug-likeness (QED) is 0.548. The molecule has 3 rings (SSSR count). The number of methoxy groups -OCH3 is 1. The molecule has 8 nitrogen and oxygen atoms in total. The molecule has 1 aliphatic rings. The second-order valence-corrected chi connectivity index (χ2v) is 13.3. The molecule has 0 aliphatic carbocycles. The van der Waals surface area contributed by atoms with Crippen molar-refractivity contribution in [2.45, 2.75) is 38.6 Å². The minimum Gasteiger partial charge on any atom is -0.497 e. The lowest BCUT2D eigenvalue weighted by molar-refractivity contribution is 0.154. The van der Waals surface area contributed by atoms with Gasteiger partial charge in [0.2, 0.25) is 0 Å². The number of hydrogen-bond acceptors (Lipinski definition) is 5. The highest BCUT2D eigenvalue weighted by Gasteiger charge is 2.31. The van der Waals surface area contributed by atoms with Crippen LogP contribution >= 0.6 is 0 Å². The van der Waals surface area contributed by atoms with Gasteiger partial charge in [-0.15, -0.1) is 5.54 Å². The molecule has 0 spiro atoms. The first-order valence-corrected chi connectivity index (χ1v) is 13.6. The van der Waals surface area contributed by atoms with Gasteiger partial charge in [-0.3, -0.25) is 0 Å². The smallest absolute Gasteiger partial charge is 0.407 e. The third-order valence-electron chi connectivity index (χ3n) is 4.98. The highest BCUT2D eigenvalue weighted by molar-refractivity contribution is 6.83. The first-order valence-electron chi connectivity index (χ1n) is 10.1. The molecule has 1 aromatic heterocycles. The molecule has 0 radical (unpaired) electrons. The zero-order valence-corrected chi connectivity index (χ0v) is 19.3. The van der Waals surface area contributed by atoms with Gasteiger partial charge < -0.3 is 20.1 Å². The zero-order chi connectivity index (χ0) is 22.6. The van der Waals surface area contributed by atoms with E-state index in [1.807, 2.05) is 24.3 Å². The molecule has 2 aromatic rings. The van der Waals surface area contributed by atoms with Crippen molar-refractivity contribution in [3.8, 4) is 23.3 Å². The molecule has 1 amide bonds. The average molecular weight is 438 g/mol. The number of nitrogens with zero attached hydrogens (tertiary/aromatic N) is 4. The van der Waals surface area contributed by atoms with Crippen molar-refractivity contribution in [2.75, 3.05) is 25.5 Å². The lowest BCUT2D eigenvalue weighted by Crippen LogP contribution is -2.27. The maximum Gasteiger partial charge on any atom is 0.407 e. The van der Waals surface area contributed by atoms with Crippen molar-refractivity contribution >= 4 is 20.0 Å². The number of ether oxygens (including phenoxy) is 1. The van der Waals surface area contributed by atoms with Crippen LogP contribution in [0.2, 0.25) is 19.6 Å². The van der Waals surface area contributed by atoms with E-state index in [2.05, 4.69) is 47.6 Å². The number of carboxylic acid groups (broad SMARTS) is 1. The summed E-state index contributed by atoms with van der Waals surface area (Å²) in [6.07, 6.45) is -0.307. The predicted molar refractivity (Wildman–Crippen MR) is 121 cm³/mol. The van der Waals surface area contributed by atoms with Crippen LogP contribution in [0.25, 0.3) is 0 Å². The van der Waals surface area contributed by atoms with Gasteiger partial charge in [0.05, 0.1) is 13.2 Å². The van der Waals surface area contributed by atoms with Crippen LogP contribution in [-0.4, -0.2) is 54.2 Å². The Balaban J connectivity index is 1.95. The molecule has 1 saturated heterocycles.